The van der Waals surface area contributed by atoms with E-state index in [4.69, 9.17) is 4.74 Å². The second-order valence-electron chi connectivity index (χ2n) is 7.31. The Morgan fingerprint density at radius 2 is 1.88 bits per heavy atom. The average molecular weight is 345 g/mol. The number of piperazine rings is 1. The number of ether oxygens (including phenoxy) is 1. The molecule has 3 rings (SSSR count). The van der Waals surface area contributed by atoms with Crippen molar-refractivity contribution < 1.29 is 9.53 Å². The van der Waals surface area contributed by atoms with Crippen molar-refractivity contribution in [2.45, 2.75) is 39.2 Å². The third-order valence-corrected chi connectivity index (χ3v) is 5.28. The molecule has 5 nitrogen and oxygen atoms in total. The number of aryl methyl sites for hydroxylation is 2. The highest BCUT2D eigenvalue weighted by Gasteiger charge is 2.22. The third kappa shape index (κ3) is 5.19. The van der Waals surface area contributed by atoms with Gasteiger partial charge < -0.3 is 19.9 Å². The summed E-state index contributed by atoms with van der Waals surface area (Å²) in [6, 6.07) is 6.38. The summed E-state index contributed by atoms with van der Waals surface area (Å²) in [5, 5.41) is 3.29. The lowest BCUT2D eigenvalue weighted by molar-refractivity contribution is -0.132. The number of piperidine rings is 1. The van der Waals surface area contributed by atoms with Crippen LogP contribution in [0.2, 0.25) is 0 Å². The molecule has 138 valence electrons. The molecule has 2 aliphatic heterocycles. The van der Waals surface area contributed by atoms with Crippen LogP contribution in [0, 0.1) is 13.8 Å². The molecule has 1 N–H and O–H groups in total. The van der Waals surface area contributed by atoms with Gasteiger partial charge in [0.1, 0.15) is 11.9 Å². The second kappa shape index (κ2) is 8.68. The minimum Gasteiger partial charge on any atom is -0.490 e. The Bertz CT molecular complexity index is 576. The fourth-order valence-electron chi connectivity index (χ4n) is 3.59. The number of carbonyl (C=O) groups is 1. The van der Waals surface area contributed by atoms with Crippen molar-refractivity contribution in [1.29, 1.82) is 0 Å². The highest BCUT2D eigenvalue weighted by molar-refractivity contribution is 5.76. The van der Waals surface area contributed by atoms with Crippen molar-refractivity contribution in [3.05, 3.63) is 29.3 Å². The number of carbonyl (C=O) groups excluding carboxylic acids is 1. The number of nitrogens with one attached hydrogen (secondary N) is 1. The van der Waals surface area contributed by atoms with E-state index in [-0.39, 0.29) is 0 Å². The lowest BCUT2D eigenvalue weighted by Gasteiger charge is -2.33. The second-order valence-corrected chi connectivity index (χ2v) is 7.31. The van der Waals surface area contributed by atoms with Crippen LogP contribution in [-0.2, 0) is 4.79 Å². The number of benzene rings is 1. The highest BCUT2D eigenvalue weighted by Crippen LogP contribution is 2.24. The first-order valence-corrected chi connectivity index (χ1v) is 9.56. The molecule has 0 atom stereocenters. The van der Waals surface area contributed by atoms with E-state index >= 15 is 0 Å². The van der Waals surface area contributed by atoms with Gasteiger partial charge in [-0.25, -0.2) is 0 Å². The summed E-state index contributed by atoms with van der Waals surface area (Å²) in [5.74, 6) is 1.32. The molecule has 0 unspecified atom stereocenters. The van der Waals surface area contributed by atoms with Gasteiger partial charge in [-0.1, -0.05) is 12.1 Å². The van der Waals surface area contributed by atoms with E-state index in [9.17, 15) is 4.79 Å². The molecule has 2 fully saturated rings. The third-order valence-electron chi connectivity index (χ3n) is 5.28. The molecule has 25 heavy (non-hydrogen) atoms. The van der Waals surface area contributed by atoms with Gasteiger partial charge in [0.25, 0.3) is 0 Å². The Hall–Kier alpha value is -1.59. The van der Waals surface area contributed by atoms with Crippen molar-refractivity contribution >= 4 is 5.91 Å². The number of likely N-dealkylation sites (tertiary alicyclic amines) is 1. The van der Waals surface area contributed by atoms with Gasteiger partial charge in [0.15, 0.2) is 0 Å². The summed E-state index contributed by atoms with van der Waals surface area (Å²) >= 11 is 0. The van der Waals surface area contributed by atoms with Crippen molar-refractivity contribution in [3.8, 4) is 5.75 Å². The van der Waals surface area contributed by atoms with E-state index in [0.717, 1.165) is 64.4 Å². The maximum absolute atomic E-state index is 12.3. The van der Waals surface area contributed by atoms with Gasteiger partial charge >= 0.3 is 0 Å². The van der Waals surface area contributed by atoms with Crippen LogP contribution in [0.3, 0.4) is 0 Å². The number of amides is 1. The van der Waals surface area contributed by atoms with E-state index in [1.807, 2.05) is 4.90 Å². The molecule has 1 amide bonds. The molecule has 2 saturated heterocycles. The zero-order chi connectivity index (χ0) is 17.6. The molecule has 0 saturated carbocycles. The van der Waals surface area contributed by atoms with Crippen LogP contribution < -0.4 is 10.1 Å². The van der Waals surface area contributed by atoms with Gasteiger partial charge in [-0.05, 0) is 43.9 Å². The van der Waals surface area contributed by atoms with Gasteiger partial charge in [-0.15, -0.1) is 0 Å². The highest BCUT2D eigenvalue weighted by atomic mass is 16.5. The molecule has 0 bridgehead atoms. The van der Waals surface area contributed by atoms with Crippen LogP contribution in [0.15, 0.2) is 18.2 Å². The summed E-state index contributed by atoms with van der Waals surface area (Å²) in [5.41, 5.74) is 2.44. The van der Waals surface area contributed by atoms with Crippen molar-refractivity contribution in [1.82, 2.24) is 15.1 Å². The van der Waals surface area contributed by atoms with Crippen molar-refractivity contribution in [2.75, 3.05) is 45.8 Å². The predicted molar refractivity (Wildman–Crippen MR) is 100 cm³/mol. The summed E-state index contributed by atoms with van der Waals surface area (Å²) in [6.45, 7) is 10.7. The molecule has 2 heterocycles. The largest absolute Gasteiger partial charge is 0.490 e. The molecule has 2 aliphatic rings. The normalized spacial score (nSPS) is 19.8. The molecule has 0 aromatic heterocycles. The predicted octanol–water partition coefficient (Wildman–Crippen LogP) is 1.97. The van der Waals surface area contributed by atoms with E-state index in [1.54, 1.807) is 0 Å². The topological polar surface area (TPSA) is 44.8 Å². The van der Waals surface area contributed by atoms with E-state index in [1.165, 1.54) is 11.1 Å². The van der Waals surface area contributed by atoms with Gasteiger partial charge in [0, 0.05) is 52.2 Å². The monoisotopic (exact) mass is 345 g/mol. The Morgan fingerprint density at radius 3 is 2.60 bits per heavy atom. The Balaban J connectivity index is 1.39. The quantitative estimate of drug-likeness (QED) is 0.886. The van der Waals surface area contributed by atoms with Crippen LogP contribution in [0.4, 0.5) is 0 Å². The Morgan fingerprint density at radius 1 is 1.16 bits per heavy atom. The first kappa shape index (κ1) is 18.2. The van der Waals surface area contributed by atoms with E-state index in [2.05, 4.69) is 42.3 Å². The fourth-order valence-corrected chi connectivity index (χ4v) is 3.59. The van der Waals surface area contributed by atoms with E-state index in [0.29, 0.717) is 18.4 Å². The molecule has 0 aliphatic carbocycles. The minimum atomic E-state index is 0.292. The lowest BCUT2D eigenvalue weighted by atomic mass is 10.1. The van der Waals surface area contributed by atoms with Gasteiger partial charge in [-0.2, -0.15) is 0 Å². The van der Waals surface area contributed by atoms with Crippen LogP contribution in [0.25, 0.3) is 0 Å². The maximum Gasteiger partial charge on any atom is 0.223 e. The van der Waals surface area contributed by atoms with Crippen LogP contribution in [-0.4, -0.2) is 67.6 Å². The standard InChI is InChI=1S/C20H31N3O2/c1-16-3-4-17(2)19(15-16)25-18-5-10-22(11-6-18)12-7-20(24)23-13-8-21-9-14-23/h3-4,15,18,21H,5-14H2,1-2H3. The van der Waals surface area contributed by atoms with Gasteiger partial charge in [-0.3, -0.25) is 4.79 Å². The molecule has 5 heteroatoms. The number of rotatable bonds is 5. The zero-order valence-electron chi connectivity index (χ0n) is 15.6. The first-order chi connectivity index (χ1) is 12.1. The van der Waals surface area contributed by atoms with Crippen LogP contribution >= 0.6 is 0 Å². The molecule has 0 spiro atoms. The van der Waals surface area contributed by atoms with Gasteiger partial charge in [0.2, 0.25) is 5.91 Å². The number of nitrogens with zero attached hydrogens (tertiary/aromatic N) is 2. The Labute approximate surface area is 151 Å². The molecule has 1 aromatic carbocycles. The molecule has 1 aromatic rings. The lowest BCUT2D eigenvalue weighted by Crippen LogP contribution is -2.47. The molecule has 0 radical (unpaired) electrons. The SMILES string of the molecule is Cc1ccc(C)c(OC2CCN(CCC(=O)N3CCNCC3)CC2)c1. The summed E-state index contributed by atoms with van der Waals surface area (Å²) in [6.07, 6.45) is 3.01. The molecular formula is C20H31N3O2. The van der Waals surface area contributed by atoms with Crippen LogP contribution in [0.5, 0.6) is 5.75 Å². The summed E-state index contributed by atoms with van der Waals surface area (Å²) in [7, 11) is 0. The summed E-state index contributed by atoms with van der Waals surface area (Å²) in [4.78, 5) is 16.7. The number of hydrogen-bond acceptors (Lipinski definition) is 4. The maximum atomic E-state index is 12.3. The Kier molecular flexibility index (Phi) is 6.32. The minimum absolute atomic E-state index is 0.292. The number of hydrogen-bond donors (Lipinski definition) is 1. The fraction of sp³-hybridized carbons (Fsp3) is 0.650. The zero-order valence-corrected chi connectivity index (χ0v) is 15.6. The average Bonchev–Trinajstić information content (AvgIpc) is 2.64. The van der Waals surface area contributed by atoms with Crippen molar-refractivity contribution in [3.63, 3.8) is 0 Å². The smallest absolute Gasteiger partial charge is 0.223 e. The summed E-state index contributed by atoms with van der Waals surface area (Å²) < 4.78 is 6.23. The first-order valence-electron chi connectivity index (χ1n) is 9.56. The molecular weight excluding hydrogens is 314 g/mol. The van der Waals surface area contributed by atoms with E-state index < -0.39 is 0 Å². The van der Waals surface area contributed by atoms with Gasteiger partial charge in [0.05, 0.1) is 0 Å². The van der Waals surface area contributed by atoms with Crippen LogP contribution in [0.1, 0.15) is 30.4 Å². The van der Waals surface area contributed by atoms with Crippen molar-refractivity contribution in [2.24, 2.45) is 0 Å².